The number of ether oxygens (including phenoxy) is 1. The molecule has 0 saturated carbocycles. The van der Waals surface area contributed by atoms with Crippen LogP contribution in [0.25, 0.3) is 0 Å². The third kappa shape index (κ3) is 5.76. The number of carboxylic acid groups (broad SMARTS) is 1. The van der Waals surface area contributed by atoms with Crippen LogP contribution in [0.2, 0.25) is 0 Å². The summed E-state index contributed by atoms with van der Waals surface area (Å²) in [7, 11) is 0. The van der Waals surface area contributed by atoms with E-state index in [9.17, 15) is 34.9 Å². The highest BCUT2D eigenvalue weighted by atomic mass is 16.6. The fraction of sp³-hybridized carbons (Fsp3) is 0.176. The van der Waals surface area contributed by atoms with Crippen molar-refractivity contribution in [1.29, 1.82) is 0 Å². The number of nitro groups is 2. The van der Waals surface area contributed by atoms with Crippen LogP contribution in [-0.4, -0.2) is 33.1 Å². The summed E-state index contributed by atoms with van der Waals surface area (Å²) >= 11 is 0. The second-order valence-electron chi connectivity index (χ2n) is 5.67. The van der Waals surface area contributed by atoms with Crippen LogP contribution in [0.1, 0.15) is 11.1 Å². The predicted octanol–water partition coefficient (Wildman–Crippen LogP) is 2.43. The van der Waals surface area contributed by atoms with E-state index in [1.54, 1.807) is 30.3 Å². The molecule has 1 atom stereocenters. The van der Waals surface area contributed by atoms with Crippen LogP contribution in [0, 0.1) is 20.2 Å². The summed E-state index contributed by atoms with van der Waals surface area (Å²) in [6.07, 6.45) is -1.05. The molecule has 2 aromatic rings. The van der Waals surface area contributed by atoms with Crippen molar-refractivity contribution in [3.05, 3.63) is 79.9 Å². The van der Waals surface area contributed by atoms with Gasteiger partial charge in [-0.3, -0.25) is 20.2 Å². The zero-order valence-corrected chi connectivity index (χ0v) is 14.3. The van der Waals surface area contributed by atoms with Gasteiger partial charge in [0.25, 0.3) is 11.4 Å². The van der Waals surface area contributed by atoms with Crippen LogP contribution in [0.15, 0.2) is 48.5 Å². The Morgan fingerprint density at radius 2 is 1.57 bits per heavy atom. The van der Waals surface area contributed by atoms with E-state index in [0.717, 1.165) is 18.2 Å². The number of amides is 1. The molecule has 0 aliphatic carbocycles. The number of hydrogen-bond donors (Lipinski definition) is 2. The number of rotatable bonds is 8. The molecule has 11 heteroatoms. The van der Waals surface area contributed by atoms with Gasteiger partial charge in [0.1, 0.15) is 12.6 Å². The Morgan fingerprint density at radius 1 is 1.00 bits per heavy atom. The van der Waals surface area contributed by atoms with Crippen LogP contribution in [0.5, 0.6) is 0 Å². The summed E-state index contributed by atoms with van der Waals surface area (Å²) in [5.74, 6) is -1.27. The van der Waals surface area contributed by atoms with Gasteiger partial charge in [0, 0.05) is 24.1 Å². The van der Waals surface area contributed by atoms with Gasteiger partial charge in [-0.25, -0.2) is 9.59 Å². The minimum Gasteiger partial charge on any atom is -0.480 e. The van der Waals surface area contributed by atoms with Crippen molar-refractivity contribution in [2.24, 2.45) is 0 Å². The van der Waals surface area contributed by atoms with E-state index < -0.39 is 45.9 Å². The monoisotopic (exact) mass is 389 g/mol. The molecule has 0 heterocycles. The number of benzene rings is 2. The quantitative estimate of drug-likeness (QED) is 0.513. The summed E-state index contributed by atoms with van der Waals surface area (Å²) in [4.78, 5) is 43.3. The number of nitro benzene ring substituents is 2. The zero-order chi connectivity index (χ0) is 20.7. The molecule has 28 heavy (non-hydrogen) atoms. The molecule has 2 rings (SSSR count). The first-order valence-corrected chi connectivity index (χ1v) is 7.89. The summed E-state index contributed by atoms with van der Waals surface area (Å²) in [5, 5.41) is 33.1. The topological polar surface area (TPSA) is 162 Å². The molecule has 2 aromatic carbocycles. The molecule has 0 radical (unpaired) electrons. The first-order valence-electron chi connectivity index (χ1n) is 7.89. The highest BCUT2D eigenvalue weighted by molar-refractivity contribution is 5.80. The maximum atomic E-state index is 11.9. The Bertz CT molecular complexity index is 868. The van der Waals surface area contributed by atoms with Crippen LogP contribution in [0.4, 0.5) is 16.2 Å². The minimum atomic E-state index is -1.27. The van der Waals surface area contributed by atoms with E-state index in [4.69, 9.17) is 4.74 Å². The molecule has 11 nitrogen and oxygen atoms in total. The lowest BCUT2D eigenvalue weighted by molar-refractivity contribution is -0.394. The molecule has 0 aliphatic heterocycles. The third-order valence-electron chi connectivity index (χ3n) is 3.63. The van der Waals surface area contributed by atoms with E-state index >= 15 is 0 Å². The van der Waals surface area contributed by atoms with E-state index in [0.29, 0.717) is 5.56 Å². The fourth-order valence-electron chi connectivity index (χ4n) is 2.33. The largest absolute Gasteiger partial charge is 0.480 e. The zero-order valence-electron chi connectivity index (χ0n) is 14.3. The fourth-order valence-corrected chi connectivity index (χ4v) is 2.33. The molecule has 0 aromatic heterocycles. The smallest absolute Gasteiger partial charge is 0.408 e. The first kappa shape index (κ1) is 20.3. The van der Waals surface area contributed by atoms with Crippen LogP contribution < -0.4 is 5.32 Å². The lowest BCUT2D eigenvalue weighted by Gasteiger charge is -2.14. The number of hydrogen-bond acceptors (Lipinski definition) is 7. The number of nitrogens with one attached hydrogen (secondary N) is 1. The molecule has 0 bridgehead atoms. The molecular weight excluding hydrogens is 374 g/mol. The van der Waals surface area contributed by atoms with Crippen molar-refractivity contribution >= 4 is 23.4 Å². The molecule has 0 unspecified atom stereocenters. The van der Waals surface area contributed by atoms with Gasteiger partial charge in [0.05, 0.1) is 15.9 Å². The SMILES string of the molecule is O=C(N[C@@H](Cc1ccccc1)C(=O)O)OCc1cc([N+](=O)[O-])cc([N+](=O)[O-])c1. The van der Waals surface area contributed by atoms with Crippen molar-refractivity contribution in [3.63, 3.8) is 0 Å². The van der Waals surface area contributed by atoms with E-state index in [1.165, 1.54) is 0 Å². The highest BCUT2D eigenvalue weighted by Gasteiger charge is 2.22. The van der Waals surface area contributed by atoms with Gasteiger partial charge in [0.2, 0.25) is 0 Å². The molecule has 1 amide bonds. The molecule has 2 N–H and O–H groups in total. The Balaban J connectivity index is 2.03. The van der Waals surface area contributed by atoms with Gasteiger partial charge < -0.3 is 15.2 Å². The van der Waals surface area contributed by atoms with E-state index in [2.05, 4.69) is 5.32 Å². The summed E-state index contributed by atoms with van der Waals surface area (Å²) in [6, 6.07) is 10.2. The Labute approximate surface area is 157 Å². The number of carbonyl (C=O) groups is 2. The van der Waals surface area contributed by atoms with E-state index in [1.807, 2.05) is 0 Å². The summed E-state index contributed by atoms with van der Waals surface area (Å²) in [5.41, 5.74) is -0.350. The standard InChI is InChI=1S/C17H15N3O8/c21-16(22)15(8-11-4-2-1-3-5-11)18-17(23)28-10-12-6-13(19(24)25)9-14(7-12)20(26)27/h1-7,9,15H,8,10H2,(H,18,23)(H,21,22)/t15-/m0/s1. The highest BCUT2D eigenvalue weighted by Crippen LogP contribution is 2.23. The molecule has 146 valence electrons. The van der Waals surface area contributed by atoms with Gasteiger partial charge >= 0.3 is 12.1 Å². The number of alkyl carbamates (subject to hydrolysis) is 1. The molecular formula is C17H15N3O8. The number of aliphatic carboxylic acids is 1. The van der Waals surface area contributed by atoms with Gasteiger partial charge in [0.15, 0.2) is 0 Å². The van der Waals surface area contributed by atoms with Crippen molar-refractivity contribution in [3.8, 4) is 0 Å². The van der Waals surface area contributed by atoms with Crippen molar-refractivity contribution in [2.45, 2.75) is 19.1 Å². The lowest BCUT2D eigenvalue weighted by atomic mass is 10.1. The average molecular weight is 389 g/mol. The summed E-state index contributed by atoms with van der Waals surface area (Å²) < 4.78 is 4.86. The minimum absolute atomic E-state index is 0.0194. The second kappa shape index (κ2) is 9.07. The van der Waals surface area contributed by atoms with E-state index in [-0.39, 0.29) is 12.0 Å². The molecule has 0 fully saturated rings. The normalized spacial score (nSPS) is 11.3. The number of carbonyl (C=O) groups excluding carboxylic acids is 1. The maximum absolute atomic E-state index is 11.9. The van der Waals surface area contributed by atoms with Crippen molar-refractivity contribution < 1.29 is 29.3 Å². The van der Waals surface area contributed by atoms with Crippen LogP contribution in [-0.2, 0) is 22.6 Å². The third-order valence-corrected chi connectivity index (χ3v) is 3.63. The number of non-ortho nitro benzene ring substituents is 2. The summed E-state index contributed by atoms with van der Waals surface area (Å²) in [6.45, 7) is -0.508. The second-order valence-corrected chi connectivity index (χ2v) is 5.67. The molecule has 0 spiro atoms. The van der Waals surface area contributed by atoms with Gasteiger partial charge in [-0.2, -0.15) is 0 Å². The Morgan fingerprint density at radius 3 is 2.07 bits per heavy atom. The molecule has 0 saturated heterocycles. The first-order chi connectivity index (χ1) is 13.3. The average Bonchev–Trinajstić information content (AvgIpc) is 2.66. The number of carboxylic acids is 1. The van der Waals surface area contributed by atoms with Crippen LogP contribution >= 0.6 is 0 Å². The molecule has 0 aliphatic rings. The Kier molecular flexibility index (Phi) is 6.58. The Hall–Kier alpha value is -4.02. The maximum Gasteiger partial charge on any atom is 0.408 e. The lowest BCUT2D eigenvalue weighted by Crippen LogP contribution is -2.42. The van der Waals surface area contributed by atoms with Gasteiger partial charge in [-0.1, -0.05) is 30.3 Å². The predicted molar refractivity (Wildman–Crippen MR) is 94.6 cm³/mol. The van der Waals surface area contributed by atoms with Crippen LogP contribution in [0.3, 0.4) is 0 Å². The van der Waals surface area contributed by atoms with Crippen molar-refractivity contribution in [1.82, 2.24) is 5.32 Å². The van der Waals surface area contributed by atoms with Gasteiger partial charge in [-0.15, -0.1) is 0 Å². The number of nitrogens with zero attached hydrogens (tertiary/aromatic N) is 2. The van der Waals surface area contributed by atoms with Gasteiger partial charge in [-0.05, 0) is 5.56 Å². The van der Waals surface area contributed by atoms with Crippen molar-refractivity contribution in [2.75, 3.05) is 0 Å².